The monoisotopic (exact) mass is 246 g/mol. The summed E-state index contributed by atoms with van der Waals surface area (Å²) in [6.45, 7) is 1.09. The number of nitrogens with zero attached hydrogens (tertiary/aromatic N) is 3. The van der Waals surface area contributed by atoms with E-state index in [1.807, 2.05) is 17.8 Å². The summed E-state index contributed by atoms with van der Waals surface area (Å²) in [5.41, 5.74) is 0.819. The van der Waals surface area contributed by atoms with Gasteiger partial charge < -0.3 is 9.88 Å². The molecule has 0 unspecified atom stereocenters. The van der Waals surface area contributed by atoms with Crippen molar-refractivity contribution < 1.29 is 4.92 Å². The molecule has 0 radical (unpaired) electrons. The van der Waals surface area contributed by atoms with Crippen LogP contribution in [0.3, 0.4) is 0 Å². The van der Waals surface area contributed by atoms with Crippen molar-refractivity contribution in [2.24, 2.45) is 0 Å². The minimum atomic E-state index is -0.357. The highest BCUT2D eigenvalue weighted by Crippen LogP contribution is 2.19. The van der Waals surface area contributed by atoms with Gasteiger partial charge in [0.15, 0.2) is 0 Å². The van der Waals surface area contributed by atoms with E-state index in [2.05, 4.69) is 10.3 Å². The number of benzene rings is 1. The molecule has 94 valence electrons. The second-order valence-electron chi connectivity index (χ2n) is 3.89. The number of hydrogen-bond donors (Lipinski definition) is 1. The second-order valence-corrected chi connectivity index (χ2v) is 3.89. The highest BCUT2D eigenvalue weighted by molar-refractivity contribution is 5.39. The molecule has 1 heterocycles. The molecule has 0 aliphatic rings. The zero-order valence-electron chi connectivity index (χ0n) is 10.0. The molecule has 1 N–H and O–H groups in total. The first-order valence-electron chi connectivity index (χ1n) is 5.59. The Labute approximate surface area is 104 Å². The van der Waals surface area contributed by atoms with Crippen molar-refractivity contribution in [3.63, 3.8) is 0 Å². The van der Waals surface area contributed by atoms with Crippen molar-refractivity contribution in [1.82, 2.24) is 14.9 Å². The SMILES string of the molecule is CNCc1nccn1Cc1ccccc1[N+](=O)[O-]. The number of imidazole rings is 1. The molecule has 0 fully saturated rings. The van der Waals surface area contributed by atoms with Crippen LogP contribution in [0.1, 0.15) is 11.4 Å². The molecular formula is C12H14N4O2. The van der Waals surface area contributed by atoms with Gasteiger partial charge in [-0.3, -0.25) is 10.1 Å². The number of nitro groups is 1. The number of nitro benzene ring substituents is 1. The number of rotatable bonds is 5. The summed E-state index contributed by atoms with van der Waals surface area (Å²) in [5, 5.41) is 13.9. The van der Waals surface area contributed by atoms with Gasteiger partial charge >= 0.3 is 0 Å². The second kappa shape index (κ2) is 5.42. The van der Waals surface area contributed by atoms with Crippen molar-refractivity contribution in [3.8, 4) is 0 Å². The Balaban J connectivity index is 2.28. The normalized spacial score (nSPS) is 10.5. The van der Waals surface area contributed by atoms with Gasteiger partial charge in [-0.15, -0.1) is 0 Å². The van der Waals surface area contributed by atoms with Gasteiger partial charge in [-0.05, 0) is 7.05 Å². The Bertz CT molecular complexity index is 551. The first kappa shape index (κ1) is 12.3. The van der Waals surface area contributed by atoms with Gasteiger partial charge in [0.2, 0.25) is 0 Å². The molecule has 6 nitrogen and oxygen atoms in total. The molecular weight excluding hydrogens is 232 g/mol. The van der Waals surface area contributed by atoms with Crippen LogP contribution in [0.4, 0.5) is 5.69 Å². The van der Waals surface area contributed by atoms with Gasteiger partial charge in [-0.1, -0.05) is 18.2 Å². The summed E-state index contributed by atoms with van der Waals surface area (Å²) in [4.78, 5) is 14.8. The van der Waals surface area contributed by atoms with Crippen LogP contribution in [0.5, 0.6) is 0 Å². The largest absolute Gasteiger partial charge is 0.329 e. The van der Waals surface area contributed by atoms with Crippen LogP contribution in [0.25, 0.3) is 0 Å². The smallest absolute Gasteiger partial charge is 0.274 e. The van der Waals surface area contributed by atoms with Crippen molar-refractivity contribution in [2.75, 3.05) is 7.05 Å². The fraction of sp³-hybridized carbons (Fsp3) is 0.250. The zero-order chi connectivity index (χ0) is 13.0. The maximum atomic E-state index is 10.9. The van der Waals surface area contributed by atoms with E-state index in [0.717, 1.165) is 5.82 Å². The molecule has 1 aromatic heterocycles. The molecule has 0 atom stereocenters. The molecule has 0 aliphatic heterocycles. The molecule has 0 saturated heterocycles. The summed E-state index contributed by atoms with van der Waals surface area (Å²) in [5.74, 6) is 0.857. The van der Waals surface area contributed by atoms with Crippen LogP contribution in [0.2, 0.25) is 0 Å². The average Bonchev–Trinajstić information content (AvgIpc) is 2.78. The summed E-state index contributed by atoms with van der Waals surface area (Å²) in [7, 11) is 1.84. The first-order valence-corrected chi connectivity index (χ1v) is 5.59. The zero-order valence-corrected chi connectivity index (χ0v) is 10.0. The molecule has 0 bridgehead atoms. The topological polar surface area (TPSA) is 73.0 Å². The number of para-hydroxylation sites is 1. The van der Waals surface area contributed by atoms with Crippen LogP contribution in [0, 0.1) is 10.1 Å². The van der Waals surface area contributed by atoms with Gasteiger partial charge in [-0.2, -0.15) is 0 Å². The van der Waals surface area contributed by atoms with E-state index in [9.17, 15) is 10.1 Å². The molecule has 2 rings (SSSR count). The fourth-order valence-corrected chi connectivity index (χ4v) is 1.82. The summed E-state index contributed by atoms with van der Waals surface area (Å²) < 4.78 is 1.90. The number of nitrogens with one attached hydrogen (secondary N) is 1. The molecule has 0 saturated carbocycles. The number of hydrogen-bond acceptors (Lipinski definition) is 4. The van der Waals surface area contributed by atoms with Crippen LogP contribution >= 0.6 is 0 Å². The first-order chi connectivity index (χ1) is 8.72. The maximum Gasteiger partial charge on any atom is 0.274 e. The fourth-order valence-electron chi connectivity index (χ4n) is 1.82. The van der Waals surface area contributed by atoms with Gasteiger partial charge in [0.1, 0.15) is 5.82 Å². The van der Waals surface area contributed by atoms with Crippen molar-refractivity contribution in [1.29, 1.82) is 0 Å². The predicted molar refractivity (Wildman–Crippen MR) is 67.2 cm³/mol. The van der Waals surface area contributed by atoms with E-state index in [0.29, 0.717) is 18.7 Å². The van der Waals surface area contributed by atoms with Crippen molar-refractivity contribution >= 4 is 5.69 Å². The Morgan fingerprint density at radius 2 is 2.22 bits per heavy atom. The van der Waals surface area contributed by atoms with Gasteiger partial charge in [0.25, 0.3) is 5.69 Å². The summed E-state index contributed by atoms with van der Waals surface area (Å²) >= 11 is 0. The minimum absolute atomic E-state index is 0.140. The van der Waals surface area contributed by atoms with E-state index in [-0.39, 0.29) is 10.6 Å². The van der Waals surface area contributed by atoms with Gasteiger partial charge in [-0.25, -0.2) is 4.98 Å². The van der Waals surface area contributed by atoms with E-state index >= 15 is 0 Å². The quantitative estimate of drug-likeness (QED) is 0.641. The lowest BCUT2D eigenvalue weighted by Gasteiger charge is -2.07. The predicted octanol–water partition coefficient (Wildman–Crippen LogP) is 1.56. The molecule has 1 aromatic carbocycles. The minimum Gasteiger partial charge on any atom is -0.329 e. The van der Waals surface area contributed by atoms with E-state index < -0.39 is 0 Å². The lowest BCUT2D eigenvalue weighted by Crippen LogP contribution is -2.13. The Morgan fingerprint density at radius 3 is 2.94 bits per heavy atom. The summed E-state index contributed by atoms with van der Waals surface area (Å²) in [6, 6.07) is 6.76. The number of aromatic nitrogens is 2. The third kappa shape index (κ3) is 2.54. The molecule has 0 amide bonds. The molecule has 0 aliphatic carbocycles. The third-order valence-electron chi connectivity index (χ3n) is 2.67. The lowest BCUT2D eigenvalue weighted by molar-refractivity contribution is -0.385. The van der Waals surface area contributed by atoms with Crippen LogP contribution < -0.4 is 5.32 Å². The average molecular weight is 246 g/mol. The highest BCUT2D eigenvalue weighted by Gasteiger charge is 2.13. The van der Waals surface area contributed by atoms with Crippen molar-refractivity contribution in [3.05, 3.63) is 58.2 Å². The highest BCUT2D eigenvalue weighted by atomic mass is 16.6. The lowest BCUT2D eigenvalue weighted by atomic mass is 10.2. The molecule has 18 heavy (non-hydrogen) atoms. The van der Waals surface area contributed by atoms with E-state index in [1.165, 1.54) is 6.07 Å². The van der Waals surface area contributed by atoms with E-state index in [1.54, 1.807) is 24.4 Å². The molecule has 2 aromatic rings. The summed E-state index contributed by atoms with van der Waals surface area (Å²) in [6.07, 6.45) is 3.52. The Kier molecular flexibility index (Phi) is 3.69. The Morgan fingerprint density at radius 1 is 1.44 bits per heavy atom. The van der Waals surface area contributed by atoms with Gasteiger partial charge in [0, 0.05) is 24.0 Å². The van der Waals surface area contributed by atoms with Crippen molar-refractivity contribution in [2.45, 2.75) is 13.1 Å². The maximum absolute atomic E-state index is 10.9. The van der Waals surface area contributed by atoms with E-state index in [4.69, 9.17) is 0 Å². The molecule has 0 spiro atoms. The van der Waals surface area contributed by atoms with Crippen LogP contribution in [-0.2, 0) is 13.1 Å². The Hall–Kier alpha value is -2.21. The van der Waals surface area contributed by atoms with Crippen LogP contribution in [0.15, 0.2) is 36.7 Å². The standard InChI is InChI=1S/C12H14N4O2/c1-13-8-12-14-6-7-15(12)9-10-4-2-3-5-11(10)16(17)18/h2-7,13H,8-9H2,1H3. The third-order valence-corrected chi connectivity index (χ3v) is 2.67. The van der Waals surface area contributed by atoms with Crippen LogP contribution in [-0.4, -0.2) is 21.5 Å². The van der Waals surface area contributed by atoms with Gasteiger partial charge in [0.05, 0.1) is 18.0 Å². The molecule has 6 heteroatoms.